The van der Waals surface area contributed by atoms with Crippen LogP contribution >= 0.6 is 23.2 Å². The Bertz CT molecular complexity index is 553. The molecule has 0 bridgehead atoms. The van der Waals surface area contributed by atoms with Crippen LogP contribution in [0.2, 0.25) is 10.0 Å². The minimum absolute atomic E-state index is 0.0360. The molecule has 1 atom stereocenters. The molecule has 1 fully saturated rings. The van der Waals surface area contributed by atoms with Gasteiger partial charge in [0.2, 0.25) is 0 Å². The van der Waals surface area contributed by atoms with Gasteiger partial charge in [0.25, 0.3) is 0 Å². The number of carbonyl (C=O) groups is 1. The number of nitrogens with one attached hydrogen (secondary N) is 1. The van der Waals surface area contributed by atoms with Crippen molar-refractivity contribution in [3.8, 4) is 0 Å². The molecule has 1 aromatic carbocycles. The second kappa shape index (κ2) is 5.41. The molecule has 108 valence electrons. The van der Waals surface area contributed by atoms with Crippen LogP contribution in [0, 0.1) is 0 Å². The van der Waals surface area contributed by atoms with Crippen molar-refractivity contribution in [3.63, 3.8) is 0 Å². The topological polar surface area (TPSA) is 54.5 Å². The van der Waals surface area contributed by atoms with Crippen LogP contribution < -0.4 is 10.4 Å². The molecule has 0 aliphatic carbocycles. The molecule has 1 saturated heterocycles. The Labute approximate surface area is 127 Å². The minimum atomic E-state index is -0.220. The molecule has 2 heterocycles. The van der Waals surface area contributed by atoms with Gasteiger partial charge in [0.1, 0.15) is 0 Å². The number of carbonyl (C=O) groups excluding carboxylic acids is 1. The molecule has 3 rings (SSSR count). The second-order valence-corrected chi connectivity index (χ2v) is 5.64. The van der Waals surface area contributed by atoms with Crippen molar-refractivity contribution >= 4 is 34.9 Å². The summed E-state index contributed by atoms with van der Waals surface area (Å²) in [5.74, 6) is -0.220. The number of hydrogen-bond donors (Lipinski definition) is 1. The van der Waals surface area contributed by atoms with Crippen LogP contribution in [-0.4, -0.2) is 30.3 Å². The number of nitrogens with zero attached hydrogens (tertiary/aromatic N) is 2. The highest BCUT2D eigenvalue weighted by molar-refractivity contribution is 6.42. The van der Waals surface area contributed by atoms with E-state index < -0.39 is 0 Å². The van der Waals surface area contributed by atoms with Gasteiger partial charge in [-0.05, 0) is 18.6 Å². The number of benzene rings is 1. The van der Waals surface area contributed by atoms with Crippen LogP contribution in [0.25, 0.3) is 0 Å². The summed E-state index contributed by atoms with van der Waals surface area (Å²) in [6.07, 6.45) is 0.859. The summed E-state index contributed by atoms with van der Waals surface area (Å²) < 4.78 is 5.12. The lowest BCUT2D eigenvalue weighted by molar-refractivity contribution is -0.145. The highest BCUT2D eigenvalue weighted by Gasteiger charge is 2.45. The molecule has 2 aliphatic heterocycles. The predicted octanol–water partition coefficient (Wildman–Crippen LogP) is 2.37. The molecule has 0 amide bonds. The normalized spacial score (nSPS) is 20.4. The minimum Gasteiger partial charge on any atom is -0.465 e. The van der Waals surface area contributed by atoms with Crippen LogP contribution in [0.15, 0.2) is 12.1 Å². The van der Waals surface area contributed by atoms with E-state index in [9.17, 15) is 4.79 Å². The van der Waals surface area contributed by atoms with Crippen molar-refractivity contribution in [3.05, 3.63) is 27.7 Å². The van der Waals surface area contributed by atoms with Gasteiger partial charge in [0, 0.05) is 12.1 Å². The summed E-state index contributed by atoms with van der Waals surface area (Å²) in [5, 5.41) is 3.04. The molecule has 0 saturated carbocycles. The van der Waals surface area contributed by atoms with Gasteiger partial charge in [-0.15, -0.1) is 0 Å². The summed E-state index contributed by atoms with van der Waals surface area (Å²) >= 11 is 12.3. The number of hydrazine groups is 1. The third-order valence-electron chi connectivity index (χ3n) is 3.37. The molecule has 20 heavy (non-hydrogen) atoms. The maximum atomic E-state index is 11.7. The van der Waals surface area contributed by atoms with Crippen molar-refractivity contribution in [2.45, 2.75) is 26.2 Å². The molecular formula is C13H15Cl2N3O2. The Hall–Kier alpha value is -1.01. The molecule has 2 aliphatic rings. The van der Waals surface area contributed by atoms with Crippen molar-refractivity contribution in [1.82, 2.24) is 10.3 Å². The van der Waals surface area contributed by atoms with Gasteiger partial charge < -0.3 is 4.74 Å². The zero-order valence-corrected chi connectivity index (χ0v) is 12.5. The lowest BCUT2D eigenvalue weighted by atomic mass is 10.1. The Morgan fingerprint density at radius 1 is 1.50 bits per heavy atom. The van der Waals surface area contributed by atoms with E-state index in [2.05, 4.69) is 5.43 Å². The largest absolute Gasteiger partial charge is 0.465 e. The molecule has 0 radical (unpaired) electrons. The number of fused-ring (bicyclic) bond motifs is 3. The molecule has 1 aromatic rings. The Morgan fingerprint density at radius 3 is 3.05 bits per heavy atom. The van der Waals surface area contributed by atoms with E-state index >= 15 is 0 Å². The third-order valence-corrected chi connectivity index (χ3v) is 4.21. The standard InChI is InChI=1S/C13H15Cl2N3O2/c1-2-5-20-11(19)7-17-6-8-10(18-13(17)16-18)4-3-9(14)12(8)15/h3-4,13,16H,2,5-7H2,1H3. The maximum absolute atomic E-state index is 11.7. The Balaban J connectivity index is 1.75. The maximum Gasteiger partial charge on any atom is 0.320 e. The van der Waals surface area contributed by atoms with Crippen LogP contribution in [0.3, 0.4) is 0 Å². The SMILES string of the molecule is CCCOC(=O)CN1Cc2c(ccc(Cl)c2Cl)N2NC12. The number of esters is 1. The van der Waals surface area contributed by atoms with Crippen molar-refractivity contribution in [2.75, 3.05) is 18.2 Å². The fourth-order valence-electron chi connectivity index (χ4n) is 2.36. The van der Waals surface area contributed by atoms with E-state index in [1.54, 1.807) is 6.07 Å². The van der Waals surface area contributed by atoms with Gasteiger partial charge in [0.05, 0.1) is 28.9 Å². The van der Waals surface area contributed by atoms with Crippen molar-refractivity contribution < 1.29 is 9.53 Å². The van der Waals surface area contributed by atoms with Gasteiger partial charge in [-0.2, -0.15) is 5.43 Å². The van der Waals surface area contributed by atoms with Gasteiger partial charge in [-0.1, -0.05) is 30.1 Å². The first-order valence-corrected chi connectivity index (χ1v) is 7.29. The average Bonchev–Trinajstić information content (AvgIpc) is 3.22. The Morgan fingerprint density at radius 2 is 2.30 bits per heavy atom. The van der Waals surface area contributed by atoms with E-state index in [0.717, 1.165) is 17.7 Å². The van der Waals surface area contributed by atoms with Crippen LogP contribution in [0.5, 0.6) is 0 Å². The number of anilines is 1. The summed E-state index contributed by atoms with van der Waals surface area (Å²) in [7, 11) is 0. The first-order valence-electron chi connectivity index (χ1n) is 6.53. The summed E-state index contributed by atoms with van der Waals surface area (Å²) in [5.41, 5.74) is 5.15. The smallest absolute Gasteiger partial charge is 0.320 e. The van der Waals surface area contributed by atoms with Crippen LogP contribution in [0.4, 0.5) is 5.69 Å². The molecule has 5 nitrogen and oxygen atoms in total. The average molecular weight is 316 g/mol. The van der Waals surface area contributed by atoms with Crippen LogP contribution in [-0.2, 0) is 16.1 Å². The monoisotopic (exact) mass is 315 g/mol. The number of ether oxygens (including phenoxy) is 1. The third kappa shape index (κ3) is 2.46. The fourth-order valence-corrected chi connectivity index (χ4v) is 2.75. The lowest BCUT2D eigenvalue weighted by Crippen LogP contribution is -2.38. The van der Waals surface area contributed by atoms with E-state index in [1.807, 2.05) is 22.9 Å². The van der Waals surface area contributed by atoms with E-state index in [4.69, 9.17) is 27.9 Å². The van der Waals surface area contributed by atoms with E-state index in [0.29, 0.717) is 23.2 Å². The molecule has 1 N–H and O–H groups in total. The molecule has 0 spiro atoms. The van der Waals surface area contributed by atoms with Crippen molar-refractivity contribution in [1.29, 1.82) is 0 Å². The van der Waals surface area contributed by atoms with Gasteiger partial charge in [-0.3, -0.25) is 14.7 Å². The summed E-state index contributed by atoms with van der Waals surface area (Å²) in [6.45, 7) is 3.23. The van der Waals surface area contributed by atoms with Crippen molar-refractivity contribution in [2.24, 2.45) is 0 Å². The first-order chi connectivity index (χ1) is 9.61. The zero-order valence-electron chi connectivity index (χ0n) is 11.0. The molecule has 0 aromatic heterocycles. The van der Waals surface area contributed by atoms with Gasteiger partial charge in [-0.25, -0.2) is 0 Å². The molecular weight excluding hydrogens is 301 g/mol. The quantitative estimate of drug-likeness (QED) is 0.683. The second-order valence-electron chi connectivity index (χ2n) is 4.86. The number of rotatable bonds is 4. The summed E-state index contributed by atoms with van der Waals surface area (Å²) in [4.78, 5) is 13.7. The number of halogens is 2. The Kier molecular flexibility index (Phi) is 3.77. The van der Waals surface area contributed by atoms with Gasteiger partial charge >= 0.3 is 5.97 Å². The van der Waals surface area contributed by atoms with Crippen LogP contribution in [0.1, 0.15) is 18.9 Å². The van der Waals surface area contributed by atoms with E-state index in [1.165, 1.54) is 0 Å². The number of hydrogen-bond acceptors (Lipinski definition) is 5. The highest BCUT2D eigenvalue weighted by Crippen LogP contribution is 2.41. The zero-order chi connectivity index (χ0) is 14.3. The highest BCUT2D eigenvalue weighted by atomic mass is 35.5. The van der Waals surface area contributed by atoms with E-state index in [-0.39, 0.29) is 18.8 Å². The van der Waals surface area contributed by atoms with Gasteiger partial charge in [0.15, 0.2) is 6.29 Å². The lowest BCUT2D eigenvalue weighted by Gasteiger charge is -2.27. The first kappa shape index (κ1) is 13.9. The molecule has 1 unspecified atom stereocenters. The fraction of sp³-hybridized carbons (Fsp3) is 0.462. The predicted molar refractivity (Wildman–Crippen MR) is 77.5 cm³/mol. The summed E-state index contributed by atoms with van der Waals surface area (Å²) in [6, 6.07) is 3.72. The molecule has 7 heteroatoms.